The Bertz CT molecular complexity index is 753. The first kappa shape index (κ1) is 18.3. The molecule has 0 spiro atoms. The first-order valence-electron chi connectivity index (χ1n) is 6.81. The van der Waals surface area contributed by atoms with Crippen molar-refractivity contribution in [3.63, 3.8) is 0 Å². The number of amides is 1. The van der Waals surface area contributed by atoms with Crippen molar-refractivity contribution in [3.05, 3.63) is 50.7 Å². The van der Waals surface area contributed by atoms with Crippen LogP contribution < -0.4 is 5.32 Å². The summed E-state index contributed by atoms with van der Waals surface area (Å²) in [7, 11) is 1.51. The fraction of sp³-hybridized carbons (Fsp3) is 0.267. The Kier molecular flexibility index (Phi) is 6.24. The summed E-state index contributed by atoms with van der Waals surface area (Å²) in [6, 6.07) is 2.98. The summed E-state index contributed by atoms with van der Waals surface area (Å²) in [6.45, 7) is 0.277. The third kappa shape index (κ3) is 4.73. The van der Waals surface area contributed by atoms with Gasteiger partial charge in [0.05, 0.1) is 24.1 Å². The summed E-state index contributed by atoms with van der Waals surface area (Å²) < 4.78 is 18.5. The topological polar surface area (TPSA) is 88.5 Å². The van der Waals surface area contributed by atoms with E-state index in [1.807, 2.05) is 0 Å². The SMILES string of the molecule is COCc1nc(C(=O)NC(CC(=O)O)c2ccc(Cl)c(F)c2)cs1. The molecule has 128 valence electrons. The maximum absolute atomic E-state index is 13.6. The number of nitrogens with zero attached hydrogens (tertiary/aromatic N) is 1. The van der Waals surface area contributed by atoms with E-state index in [1.54, 1.807) is 5.38 Å². The van der Waals surface area contributed by atoms with E-state index in [2.05, 4.69) is 10.3 Å². The smallest absolute Gasteiger partial charge is 0.305 e. The Morgan fingerprint density at radius 1 is 1.50 bits per heavy atom. The fourth-order valence-electron chi connectivity index (χ4n) is 1.99. The third-order valence-electron chi connectivity index (χ3n) is 3.08. The van der Waals surface area contributed by atoms with E-state index in [9.17, 15) is 14.0 Å². The van der Waals surface area contributed by atoms with E-state index in [1.165, 1.54) is 30.6 Å². The highest BCUT2D eigenvalue weighted by Gasteiger charge is 2.21. The van der Waals surface area contributed by atoms with Crippen molar-refractivity contribution in [2.45, 2.75) is 19.1 Å². The van der Waals surface area contributed by atoms with Gasteiger partial charge in [0, 0.05) is 12.5 Å². The molecule has 24 heavy (non-hydrogen) atoms. The molecule has 6 nitrogen and oxygen atoms in total. The normalized spacial score (nSPS) is 12.0. The van der Waals surface area contributed by atoms with Gasteiger partial charge in [-0.3, -0.25) is 9.59 Å². The zero-order valence-corrected chi connectivity index (χ0v) is 14.2. The number of carboxylic acids is 1. The fourth-order valence-corrected chi connectivity index (χ4v) is 2.86. The molecule has 0 aliphatic carbocycles. The minimum absolute atomic E-state index is 0.0807. The number of carbonyl (C=O) groups is 2. The molecule has 1 heterocycles. The van der Waals surface area contributed by atoms with Crippen LogP contribution in [0.3, 0.4) is 0 Å². The minimum Gasteiger partial charge on any atom is -0.481 e. The van der Waals surface area contributed by atoms with Gasteiger partial charge in [-0.1, -0.05) is 17.7 Å². The van der Waals surface area contributed by atoms with Crippen molar-refractivity contribution in [1.29, 1.82) is 0 Å². The maximum Gasteiger partial charge on any atom is 0.305 e. The molecule has 2 rings (SSSR count). The molecule has 1 aromatic heterocycles. The Hall–Kier alpha value is -2.03. The molecular formula is C15H14ClFN2O4S. The second kappa shape index (κ2) is 8.18. The molecule has 9 heteroatoms. The predicted octanol–water partition coefficient (Wildman–Crippen LogP) is 3.03. The molecule has 1 amide bonds. The average molecular weight is 373 g/mol. The number of thiazole rings is 1. The van der Waals surface area contributed by atoms with Crippen LogP contribution >= 0.6 is 22.9 Å². The maximum atomic E-state index is 13.6. The highest BCUT2D eigenvalue weighted by atomic mass is 35.5. The van der Waals surface area contributed by atoms with Crippen LogP contribution in [-0.4, -0.2) is 29.1 Å². The molecular weight excluding hydrogens is 359 g/mol. The van der Waals surface area contributed by atoms with Crippen LogP contribution in [0.4, 0.5) is 4.39 Å². The Labute approximate surface area is 146 Å². The van der Waals surface area contributed by atoms with Crippen molar-refractivity contribution >= 4 is 34.8 Å². The number of methoxy groups -OCH3 is 1. The van der Waals surface area contributed by atoms with Gasteiger partial charge < -0.3 is 15.2 Å². The third-order valence-corrected chi connectivity index (χ3v) is 4.21. The van der Waals surface area contributed by atoms with Crippen molar-refractivity contribution < 1.29 is 23.8 Å². The van der Waals surface area contributed by atoms with E-state index in [0.29, 0.717) is 10.6 Å². The molecule has 0 aliphatic rings. The number of aromatic nitrogens is 1. The number of carbonyl (C=O) groups excluding carboxylic acids is 1. The molecule has 0 fully saturated rings. The lowest BCUT2D eigenvalue weighted by molar-refractivity contribution is -0.137. The number of benzene rings is 1. The van der Waals surface area contributed by atoms with Gasteiger partial charge in [-0.05, 0) is 17.7 Å². The molecule has 0 radical (unpaired) electrons. The first-order valence-corrected chi connectivity index (χ1v) is 8.07. The summed E-state index contributed by atoms with van der Waals surface area (Å²) >= 11 is 6.88. The second-order valence-electron chi connectivity index (χ2n) is 4.86. The van der Waals surface area contributed by atoms with Crippen LogP contribution in [0.15, 0.2) is 23.6 Å². The van der Waals surface area contributed by atoms with Crippen molar-refractivity contribution in [2.24, 2.45) is 0 Å². The minimum atomic E-state index is -1.13. The number of ether oxygens (including phenoxy) is 1. The molecule has 1 atom stereocenters. The van der Waals surface area contributed by atoms with Crippen LogP contribution in [0.2, 0.25) is 5.02 Å². The first-order chi connectivity index (χ1) is 11.4. The Morgan fingerprint density at radius 3 is 2.88 bits per heavy atom. The molecule has 1 unspecified atom stereocenters. The quantitative estimate of drug-likeness (QED) is 0.779. The van der Waals surface area contributed by atoms with Gasteiger partial charge in [-0.2, -0.15) is 0 Å². The van der Waals surface area contributed by atoms with Crippen LogP contribution in [-0.2, 0) is 16.1 Å². The standard InChI is InChI=1S/C15H14ClFN2O4S/c1-23-6-13-18-12(7-24-13)15(22)19-11(5-14(20)21)8-2-3-9(16)10(17)4-8/h2-4,7,11H,5-6H2,1H3,(H,19,22)(H,20,21). The van der Waals surface area contributed by atoms with Crippen LogP contribution in [0.25, 0.3) is 0 Å². The van der Waals surface area contributed by atoms with E-state index in [0.717, 1.165) is 6.07 Å². The molecule has 1 aromatic carbocycles. The van der Waals surface area contributed by atoms with Crippen LogP contribution in [0.1, 0.15) is 33.5 Å². The van der Waals surface area contributed by atoms with Gasteiger partial charge in [-0.25, -0.2) is 9.37 Å². The second-order valence-corrected chi connectivity index (χ2v) is 6.21. The van der Waals surface area contributed by atoms with Gasteiger partial charge in [0.25, 0.3) is 5.91 Å². The van der Waals surface area contributed by atoms with Gasteiger partial charge in [-0.15, -0.1) is 11.3 Å². The van der Waals surface area contributed by atoms with E-state index in [4.69, 9.17) is 21.4 Å². The summed E-state index contributed by atoms with van der Waals surface area (Å²) in [5, 5.41) is 13.7. The number of aliphatic carboxylic acids is 1. The van der Waals surface area contributed by atoms with Crippen molar-refractivity contribution in [2.75, 3.05) is 7.11 Å². The molecule has 2 aromatic rings. The molecule has 0 saturated heterocycles. The number of hydrogen-bond acceptors (Lipinski definition) is 5. The van der Waals surface area contributed by atoms with E-state index >= 15 is 0 Å². The highest BCUT2D eigenvalue weighted by molar-refractivity contribution is 7.09. The number of halogens is 2. The molecule has 0 bridgehead atoms. The molecule has 0 aliphatic heterocycles. The Morgan fingerprint density at radius 2 is 2.25 bits per heavy atom. The summed E-state index contributed by atoms with van der Waals surface area (Å²) in [5.41, 5.74) is 0.455. The van der Waals surface area contributed by atoms with Gasteiger partial charge in [0.1, 0.15) is 16.5 Å². The zero-order valence-electron chi connectivity index (χ0n) is 12.6. The monoisotopic (exact) mass is 372 g/mol. The largest absolute Gasteiger partial charge is 0.481 e. The number of rotatable bonds is 7. The van der Waals surface area contributed by atoms with E-state index in [-0.39, 0.29) is 17.3 Å². The lowest BCUT2D eigenvalue weighted by Gasteiger charge is -2.17. The Balaban J connectivity index is 2.19. The van der Waals surface area contributed by atoms with Crippen LogP contribution in [0, 0.1) is 5.82 Å². The van der Waals surface area contributed by atoms with Gasteiger partial charge >= 0.3 is 5.97 Å². The molecule has 2 N–H and O–H groups in total. The van der Waals surface area contributed by atoms with Gasteiger partial charge in [0.15, 0.2) is 0 Å². The summed E-state index contributed by atoms with van der Waals surface area (Å²) in [4.78, 5) is 27.4. The zero-order chi connectivity index (χ0) is 17.7. The number of carboxylic acid groups (broad SMARTS) is 1. The summed E-state index contributed by atoms with van der Waals surface area (Å²) in [5.74, 6) is -2.36. The average Bonchev–Trinajstić information content (AvgIpc) is 2.98. The predicted molar refractivity (Wildman–Crippen MR) is 86.7 cm³/mol. The lowest BCUT2D eigenvalue weighted by atomic mass is 10.0. The molecule has 0 saturated carbocycles. The van der Waals surface area contributed by atoms with E-state index < -0.39 is 30.2 Å². The van der Waals surface area contributed by atoms with Gasteiger partial charge in [0.2, 0.25) is 0 Å². The highest BCUT2D eigenvalue weighted by Crippen LogP contribution is 2.23. The summed E-state index contributed by atoms with van der Waals surface area (Å²) in [6.07, 6.45) is -0.401. The van der Waals surface area contributed by atoms with Crippen LogP contribution in [0.5, 0.6) is 0 Å². The number of nitrogens with one attached hydrogen (secondary N) is 1. The van der Waals surface area contributed by atoms with Crippen molar-refractivity contribution in [1.82, 2.24) is 10.3 Å². The lowest BCUT2D eigenvalue weighted by Crippen LogP contribution is -2.30. The number of hydrogen-bond donors (Lipinski definition) is 2. The van der Waals surface area contributed by atoms with Crippen molar-refractivity contribution in [3.8, 4) is 0 Å².